The largest absolute Gasteiger partial charge is 0.477 e. The van der Waals surface area contributed by atoms with Gasteiger partial charge in [0.05, 0.1) is 34.4 Å². The summed E-state index contributed by atoms with van der Waals surface area (Å²) in [6.07, 6.45) is 32.6. The first kappa shape index (κ1) is 47.1. The number of hydrogen-bond acceptors (Lipinski definition) is 6. The lowest BCUT2D eigenvalue weighted by molar-refractivity contribution is -0.887. The predicted molar refractivity (Wildman–Crippen MR) is 202 cm³/mol. The topological polar surface area (TPSA) is 99.1 Å². The number of carbonyl (C=O) groups excluding carboxylic acids is 2. The maximum atomic E-state index is 12.7. The van der Waals surface area contributed by atoms with E-state index in [2.05, 4.69) is 26.0 Å². The Morgan fingerprint density at radius 3 is 1.53 bits per heavy atom. The molecule has 1 N–H and O–H groups in total. The molecule has 0 bridgehead atoms. The van der Waals surface area contributed by atoms with Gasteiger partial charge in [-0.3, -0.25) is 9.59 Å². The second-order valence-electron chi connectivity index (χ2n) is 14.9. The number of hydrogen-bond donors (Lipinski definition) is 1. The first-order valence-corrected chi connectivity index (χ1v) is 20.2. The first-order chi connectivity index (χ1) is 23.6. The number of likely N-dealkylation sites (N-methyl/N-ethyl adjacent to an activating group) is 1. The Labute approximate surface area is 301 Å². The van der Waals surface area contributed by atoms with Gasteiger partial charge in [0.25, 0.3) is 0 Å². The summed E-state index contributed by atoms with van der Waals surface area (Å²) in [5.41, 5.74) is 0. The van der Waals surface area contributed by atoms with Crippen molar-refractivity contribution >= 4 is 17.9 Å². The maximum absolute atomic E-state index is 12.7. The van der Waals surface area contributed by atoms with Crippen LogP contribution in [-0.2, 0) is 28.6 Å². The number of carboxylic acid groups (broad SMARTS) is 1. The summed E-state index contributed by atoms with van der Waals surface area (Å²) in [4.78, 5) is 36.7. The molecule has 288 valence electrons. The number of esters is 2. The Kier molecular flexibility index (Phi) is 31.9. The Bertz CT molecular complexity index is 823. The normalized spacial score (nSPS) is 13.1. The lowest BCUT2D eigenvalue weighted by Crippen LogP contribution is -2.50. The van der Waals surface area contributed by atoms with E-state index in [0.717, 1.165) is 32.1 Å². The van der Waals surface area contributed by atoms with Gasteiger partial charge in [-0.05, 0) is 32.1 Å². The van der Waals surface area contributed by atoms with Crippen molar-refractivity contribution < 1.29 is 38.2 Å². The van der Waals surface area contributed by atoms with Crippen molar-refractivity contribution in [1.29, 1.82) is 0 Å². The van der Waals surface area contributed by atoms with Crippen LogP contribution in [0.5, 0.6) is 0 Å². The van der Waals surface area contributed by atoms with E-state index >= 15 is 0 Å². The molecular formula is C41H78NO7+. The van der Waals surface area contributed by atoms with Gasteiger partial charge in [0.15, 0.2) is 12.1 Å². The molecule has 0 saturated carbocycles. The maximum Gasteiger partial charge on any atom is 0.362 e. The van der Waals surface area contributed by atoms with Crippen LogP contribution in [0.3, 0.4) is 0 Å². The van der Waals surface area contributed by atoms with E-state index in [1.807, 2.05) is 21.1 Å². The molecule has 2 atom stereocenters. The van der Waals surface area contributed by atoms with E-state index in [-0.39, 0.29) is 36.2 Å². The zero-order valence-electron chi connectivity index (χ0n) is 32.7. The zero-order valence-corrected chi connectivity index (χ0v) is 32.7. The van der Waals surface area contributed by atoms with Crippen LogP contribution in [0.2, 0.25) is 0 Å². The molecule has 0 rings (SSSR count). The highest BCUT2D eigenvalue weighted by molar-refractivity contribution is 5.72. The number of rotatable bonds is 36. The Balaban J connectivity index is 4.35. The van der Waals surface area contributed by atoms with E-state index in [1.54, 1.807) is 0 Å². The van der Waals surface area contributed by atoms with Gasteiger partial charge in [-0.15, -0.1) is 0 Å². The standard InChI is InChI=1S/C41H77NO7/c1-6-8-10-12-14-16-17-18-19-20-21-22-24-26-28-30-32-40(44)49-37(35-47-34-33-38(41(45)46)42(3,4)5)36-48-39(43)31-29-27-25-23-15-13-11-9-7-2/h23,25,37-38H,6-22,24,26-36H2,1-5H3/p+1/b25-23+. The summed E-state index contributed by atoms with van der Waals surface area (Å²) in [6, 6.07) is -0.612. The van der Waals surface area contributed by atoms with Gasteiger partial charge in [-0.25, -0.2) is 4.79 Å². The number of quaternary nitrogens is 1. The molecule has 0 aliphatic rings. The Morgan fingerprint density at radius 2 is 1.04 bits per heavy atom. The molecule has 8 heteroatoms. The highest BCUT2D eigenvalue weighted by Gasteiger charge is 2.31. The zero-order chi connectivity index (χ0) is 36.4. The number of nitrogens with zero attached hydrogens (tertiary/aromatic N) is 1. The lowest BCUT2D eigenvalue weighted by Gasteiger charge is -2.31. The molecule has 0 aromatic heterocycles. The number of unbranched alkanes of at least 4 members (excludes halogenated alkanes) is 20. The van der Waals surface area contributed by atoms with Gasteiger partial charge in [-0.2, -0.15) is 0 Å². The van der Waals surface area contributed by atoms with Crippen molar-refractivity contribution in [2.24, 2.45) is 0 Å². The average molecular weight is 697 g/mol. The molecule has 0 heterocycles. The molecular weight excluding hydrogens is 618 g/mol. The van der Waals surface area contributed by atoms with Crippen LogP contribution in [0.4, 0.5) is 0 Å². The van der Waals surface area contributed by atoms with Crippen LogP contribution < -0.4 is 0 Å². The summed E-state index contributed by atoms with van der Waals surface area (Å²) in [7, 11) is 5.51. The van der Waals surface area contributed by atoms with Gasteiger partial charge < -0.3 is 23.8 Å². The van der Waals surface area contributed by atoms with E-state index in [4.69, 9.17) is 14.2 Å². The molecule has 2 unspecified atom stereocenters. The average Bonchev–Trinajstić information content (AvgIpc) is 3.05. The van der Waals surface area contributed by atoms with Crippen LogP contribution in [0.25, 0.3) is 0 Å². The minimum Gasteiger partial charge on any atom is -0.477 e. The van der Waals surface area contributed by atoms with Crippen molar-refractivity contribution in [2.45, 2.75) is 193 Å². The summed E-state index contributed by atoms with van der Waals surface area (Å²) >= 11 is 0. The third kappa shape index (κ3) is 31.8. The van der Waals surface area contributed by atoms with E-state index < -0.39 is 18.1 Å². The van der Waals surface area contributed by atoms with Crippen molar-refractivity contribution in [3.8, 4) is 0 Å². The minimum atomic E-state index is -0.877. The van der Waals surface area contributed by atoms with E-state index in [0.29, 0.717) is 25.7 Å². The summed E-state index contributed by atoms with van der Waals surface area (Å²) in [5.74, 6) is -1.50. The fourth-order valence-corrected chi connectivity index (χ4v) is 5.98. The molecule has 0 fully saturated rings. The first-order valence-electron chi connectivity index (χ1n) is 20.2. The highest BCUT2D eigenvalue weighted by atomic mass is 16.6. The molecule has 0 saturated heterocycles. The smallest absolute Gasteiger partial charge is 0.362 e. The molecule has 0 aromatic carbocycles. The molecule has 49 heavy (non-hydrogen) atoms. The van der Waals surface area contributed by atoms with Gasteiger partial charge in [-0.1, -0.05) is 142 Å². The number of allylic oxidation sites excluding steroid dienone is 2. The molecule has 8 nitrogen and oxygen atoms in total. The van der Waals surface area contributed by atoms with Crippen LogP contribution in [0.1, 0.15) is 181 Å². The number of carboxylic acids is 1. The molecule has 0 aromatic rings. The Morgan fingerprint density at radius 1 is 0.592 bits per heavy atom. The molecule has 0 radical (unpaired) electrons. The van der Waals surface area contributed by atoms with Crippen molar-refractivity contribution in [3.05, 3.63) is 12.2 Å². The molecule has 0 aliphatic carbocycles. The van der Waals surface area contributed by atoms with Gasteiger partial charge >= 0.3 is 17.9 Å². The number of carbonyl (C=O) groups is 3. The van der Waals surface area contributed by atoms with Crippen LogP contribution in [-0.4, -0.2) is 80.6 Å². The number of aliphatic carboxylic acids is 1. The fraction of sp³-hybridized carbons (Fsp3) is 0.878. The van der Waals surface area contributed by atoms with Crippen LogP contribution in [0.15, 0.2) is 12.2 Å². The van der Waals surface area contributed by atoms with Crippen molar-refractivity contribution in [1.82, 2.24) is 0 Å². The number of ether oxygens (including phenoxy) is 3. The molecule has 0 spiro atoms. The molecule has 0 amide bonds. The fourth-order valence-electron chi connectivity index (χ4n) is 5.98. The van der Waals surface area contributed by atoms with Crippen LogP contribution >= 0.6 is 0 Å². The summed E-state index contributed by atoms with van der Waals surface area (Å²) in [6.45, 7) is 4.68. The quantitative estimate of drug-likeness (QED) is 0.0301. The van der Waals surface area contributed by atoms with Crippen molar-refractivity contribution in [2.75, 3.05) is 41.0 Å². The SMILES string of the molecule is CCCCCC/C=C/CCCC(=O)OCC(COCCC(C(=O)O)[N+](C)(C)C)OC(=O)CCCCCCCCCCCCCCCCCC. The summed E-state index contributed by atoms with van der Waals surface area (Å²) in [5, 5.41) is 9.58. The van der Waals surface area contributed by atoms with Crippen LogP contribution in [0, 0.1) is 0 Å². The van der Waals surface area contributed by atoms with E-state index in [9.17, 15) is 19.5 Å². The van der Waals surface area contributed by atoms with E-state index in [1.165, 1.54) is 109 Å². The Hall–Kier alpha value is -1.93. The van der Waals surface area contributed by atoms with Gasteiger partial charge in [0.2, 0.25) is 0 Å². The monoisotopic (exact) mass is 697 g/mol. The predicted octanol–water partition coefficient (Wildman–Crippen LogP) is 10.4. The second kappa shape index (κ2) is 33.2. The minimum absolute atomic E-state index is 0.0578. The van der Waals surface area contributed by atoms with Gasteiger partial charge in [0.1, 0.15) is 6.61 Å². The second-order valence-corrected chi connectivity index (χ2v) is 14.9. The lowest BCUT2D eigenvalue weighted by atomic mass is 10.0. The summed E-state index contributed by atoms with van der Waals surface area (Å²) < 4.78 is 17.2. The van der Waals surface area contributed by atoms with Crippen molar-refractivity contribution in [3.63, 3.8) is 0 Å². The highest BCUT2D eigenvalue weighted by Crippen LogP contribution is 2.15. The molecule has 0 aliphatic heterocycles. The third-order valence-electron chi connectivity index (χ3n) is 9.16. The third-order valence-corrected chi connectivity index (χ3v) is 9.16. The van der Waals surface area contributed by atoms with Gasteiger partial charge in [0, 0.05) is 19.3 Å².